The van der Waals surface area contributed by atoms with E-state index < -0.39 is 0 Å². The van der Waals surface area contributed by atoms with Crippen molar-refractivity contribution in [3.8, 4) is 39.5 Å². The summed E-state index contributed by atoms with van der Waals surface area (Å²) < 4.78 is 8.63. The molecule has 0 atom stereocenters. The number of fused-ring (bicyclic) bond motifs is 4. The van der Waals surface area contributed by atoms with Crippen LogP contribution in [-0.4, -0.2) is 19.5 Å². The van der Waals surface area contributed by atoms with Crippen LogP contribution >= 0.6 is 0 Å². The molecule has 8 rings (SSSR count). The van der Waals surface area contributed by atoms with Crippen molar-refractivity contribution in [3.63, 3.8) is 0 Å². The van der Waals surface area contributed by atoms with E-state index in [1.807, 2.05) is 60.9 Å². The Labute approximate surface area is 230 Å². The van der Waals surface area contributed by atoms with Gasteiger partial charge in [0.1, 0.15) is 5.52 Å². The summed E-state index contributed by atoms with van der Waals surface area (Å²) in [6, 6.07) is 39.4. The molecule has 0 spiro atoms. The molecule has 4 aromatic heterocycles. The van der Waals surface area contributed by atoms with Crippen LogP contribution in [0.3, 0.4) is 0 Å². The molecule has 0 aliphatic heterocycles. The van der Waals surface area contributed by atoms with Crippen LogP contribution in [0.25, 0.3) is 72.4 Å². The Morgan fingerprint density at radius 2 is 1.48 bits per heavy atom. The lowest BCUT2D eigenvalue weighted by molar-refractivity contribution is 0.620. The number of benzene rings is 4. The van der Waals surface area contributed by atoms with Gasteiger partial charge in [-0.15, -0.1) is 0 Å². The van der Waals surface area contributed by atoms with Gasteiger partial charge in [-0.05, 0) is 66.2 Å². The Morgan fingerprint density at radius 1 is 0.600 bits per heavy atom. The Bertz CT molecular complexity index is 2130. The smallest absolute Gasteiger partial charge is 0.228 e. The summed E-state index contributed by atoms with van der Waals surface area (Å²) in [7, 11) is 0. The molecule has 0 amide bonds. The van der Waals surface area contributed by atoms with Gasteiger partial charge in [0.05, 0.1) is 16.7 Å². The molecule has 0 N–H and O–H groups in total. The molecule has 4 heterocycles. The average Bonchev–Trinajstić information content (AvgIpc) is 3.60. The van der Waals surface area contributed by atoms with Crippen LogP contribution in [0.15, 0.2) is 138 Å². The van der Waals surface area contributed by atoms with Crippen molar-refractivity contribution in [1.82, 2.24) is 19.5 Å². The zero-order valence-corrected chi connectivity index (χ0v) is 21.4. The number of rotatable bonds is 4. The molecule has 4 aromatic carbocycles. The number of hydrogen-bond donors (Lipinski definition) is 0. The van der Waals surface area contributed by atoms with E-state index in [9.17, 15) is 0 Å². The van der Waals surface area contributed by atoms with Gasteiger partial charge in [0.25, 0.3) is 0 Å². The highest BCUT2D eigenvalue weighted by atomic mass is 16.3. The van der Waals surface area contributed by atoms with Crippen LogP contribution in [0.4, 0.5) is 0 Å². The first-order valence-corrected chi connectivity index (χ1v) is 13.2. The van der Waals surface area contributed by atoms with Crippen LogP contribution in [0.5, 0.6) is 0 Å². The fourth-order valence-electron chi connectivity index (χ4n) is 5.56. The second-order valence-electron chi connectivity index (χ2n) is 9.76. The van der Waals surface area contributed by atoms with Crippen molar-refractivity contribution in [2.75, 3.05) is 0 Å². The van der Waals surface area contributed by atoms with E-state index >= 15 is 0 Å². The van der Waals surface area contributed by atoms with Crippen molar-refractivity contribution in [2.45, 2.75) is 0 Å². The molecule has 0 bridgehead atoms. The molecular formula is C35H22N4O. The number of hydrogen-bond acceptors (Lipinski definition) is 4. The first-order valence-electron chi connectivity index (χ1n) is 13.2. The van der Waals surface area contributed by atoms with Crippen LogP contribution in [0.1, 0.15) is 0 Å². The zero-order valence-electron chi connectivity index (χ0n) is 21.4. The Kier molecular flexibility index (Phi) is 5.07. The first-order chi connectivity index (χ1) is 19.8. The molecule has 0 saturated carbocycles. The van der Waals surface area contributed by atoms with Gasteiger partial charge in [-0.2, -0.15) is 0 Å². The fraction of sp³-hybridized carbons (Fsp3) is 0. The monoisotopic (exact) mass is 514 g/mol. The first kappa shape index (κ1) is 22.4. The minimum Gasteiger partial charge on any atom is -0.436 e. The number of oxazole rings is 1. The van der Waals surface area contributed by atoms with Crippen molar-refractivity contribution in [3.05, 3.63) is 134 Å². The summed E-state index contributed by atoms with van der Waals surface area (Å²) in [5.41, 5.74) is 9.82. The normalized spacial score (nSPS) is 11.5. The van der Waals surface area contributed by atoms with Crippen molar-refractivity contribution in [2.24, 2.45) is 0 Å². The van der Waals surface area contributed by atoms with Gasteiger partial charge in [-0.1, -0.05) is 54.6 Å². The second kappa shape index (κ2) is 9.03. The van der Waals surface area contributed by atoms with E-state index in [1.54, 1.807) is 6.20 Å². The van der Waals surface area contributed by atoms with Gasteiger partial charge in [-0.25, -0.2) is 4.98 Å². The summed E-state index contributed by atoms with van der Waals surface area (Å²) >= 11 is 0. The molecule has 0 unspecified atom stereocenters. The Morgan fingerprint density at radius 3 is 2.35 bits per heavy atom. The Balaban J connectivity index is 1.45. The van der Waals surface area contributed by atoms with Crippen molar-refractivity contribution in [1.29, 1.82) is 0 Å². The molecule has 188 valence electrons. The minimum absolute atomic E-state index is 0.584. The van der Waals surface area contributed by atoms with Crippen molar-refractivity contribution < 1.29 is 4.42 Å². The molecule has 0 radical (unpaired) electrons. The molecule has 0 aliphatic rings. The van der Waals surface area contributed by atoms with Gasteiger partial charge in [0, 0.05) is 51.7 Å². The molecule has 0 aliphatic carbocycles. The third-order valence-electron chi connectivity index (χ3n) is 7.37. The Hall–Kier alpha value is -5.55. The van der Waals surface area contributed by atoms with Crippen LogP contribution in [0, 0.1) is 0 Å². The summed E-state index contributed by atoms with van der Waals surface area (Å²) in [6.07, 6.45) is 5.51. The van der Waals surface area contributed by atoms with Crippen LogP contribution < -0.4 is 0 Å². The highest BCUT2D eigenvalue weighted by molar-refractivity contribution is 6.12. The topological polar surface area (TPSA) is 56.7 Å². The maximum absolute atomic E-state index is 6.31. The largest absolute Gasteiger partial charge is 0.436 e. The van der Waals surface area contributed by atoms with Crippen LogP contribution in [-0.2, 0) is 0 Å². The third-order valence-corrected chi connectivity index (χ3v) is 7.37. The number of para-hydroxylation sites is 3. The van der Waals surface area contributed by atoms with Gasteiger partial charge >= 0.3 is 0 Å². The summed E-state index contributed by atoms with van der Waals surface area (Å²) in [5, 5.41) is 2.33. The van der Waals surface area contributed by atoms with Crippen molar-refractivity contribution >= 4 is 32.9 Å². The summed E-state index contributed by atoms with van der Waals surface area (Å²) in [4.78, 5) is 13.9. The molecule has 0 saturated heterocycles. The number of nitrogens with zero attached hydrogens (tertiary/aromatic N) is 4. The molecule has 0 fully saturated rings. The lowest BCUT2D eigenvalue weighted by atomic mass is 9.98. The molecular weight excluding hydrogens is 492 g/mol. The number of aromatic nitrogens is 4. The predicted molar refractivity (Wildman–Crippen MR) is 160 cm³/mol. The molecule has 8 aromatic rings. The van der Waals surface area contributed by atoms with Gasteiger partial charge in [-0.3, -0.25) is 9.97 Å². The quantitative estimate of drug-likeness (QED) is 0.236. The second-order valence-corrected chi connectivity index (χ2v) is 9.76. The van der Waals surface area contributed by atoms with E-state index in [0.717, 1.165) is 61.2 Å². The van der Waals surface area contributed by atoms with Gasteiger partial charge < -0.3 is 8.98 Å². The van der Waals surface area contributed by atoms with Crippen LogP contribution in [0.2, 0.25) is 0 Å². The highest BCUT2D eigenvalue weighted by Crippen LogP contribution is 2.41. The standard InChI is InChI=1S/C35H22N4O/c1-3-15-32-26(12-1)28-20-27(24-10-8-17-36-22-24)29(35-38-31-14-2-4-16-34(31)40-35)21-33(28)39(32)25-11-7-9-23(19-25)30-13-5-6-18-37-30/h1-22H. The van der Waals surface area contributed by atoms with E-state index in [2.05, 4.69) is 81.3 Å². The SMILES string of the molecule is c1ccc(-c2cccc(-n3c4ccccc4c4cc(-c5cccnc5)c(-c5nc6ccccc6o5)cc43)c2)nc1. The summed E-state index contributed by atoms with van der Waals surface area (Å²) in [6.45, 7) is 0. The lowest BCUT2D eigenvalue weighted by Crippen LogP contribution is -1.96. The third kappa shape index (κ3) is 3.60. The maximum Gasteiger partial charge on any atom is 0.228 e. The van der Waals surface area contributed by atoms with E-state index in [-0.39, 0.29) is 0 Å². The minimum atomic E-state index is 0.584. The van der Waals surface area contributed by atoms with E-state index in [4.69, 9.17) is 9.40 Å². The molecule has 40 heavy (non-hydrogen) atoms. The lowest BCUT2D eigenvalue weighted by Gasteiger charge is -2.12. The molecule has 5 nitrogen and oxygen atoms in total. The summed E-state index contributed by atoms with van der Waals surface area (Å²) in [5.74, 6) is 0.584. The van der Waals surface area contributed by atoms with Gasteiger partial charge in [0.2, 0.25) is 5.89 Å². The maximum atomic E-state index is 6.31. The predicted octanol–water partition coefficient (Wildman–Crippen LogP) is 8.72. The van der Waals surface area contributed by atoms with E-state index in [0.29, 0.717) is 5.89 Å². The van der Waals surface area contributed by atoms with E-state index in [1.165, 1.54) is 5.39 Å². The highest BCUT2D eigenvalue weighted by Gasteiger charge is 2.20. The fourth-order valence-corrected chi connectivity index (χ4v) is 5.56. The number of pyridine rings is 2. The molecule has 5 heteroatoms. The van der Waals surface area contributed by atoms with Gasteiger partial charge in [0.15, 0.2) is 5.58 Å². The average molecular weight is 515 g/mol. The zero-order chi connectivity index (χ0) is 26.5.